The molecule has 9 nitrogen and oxygen atoms in total. The van der Waals surface area contributed by atoms with Gasteiger partial charge < -0.3 is 19.3 Å². The third-order valence-electron chi connectivity index (χ3n) is 5.83. The number of amides is 2. The quantitative estimate of drug-likeness (QED) is 0.670. The van der Waals surface area contributed by atoms with Crippen LogP contribution in [0.25, 0.3) is 0 Å². The highest BCUT2D eigenvalue weighted by molar-refractivity contribution is 6.23. The Hall–Kier alpha value is -3.59. The van der Waals surface area contributed by atoms with Gasteiger partial charge in [-0.3, -0.25) is 19.7 Å². The first-order valence-electron chi connectivity index (χ1n) is 9.65. The number of rotatable bonds is 6. The van der Waals surface area contributed by atoms with Crippen LogP contribution in [0.15, 0.2) is 42.5 Å². The minimum Gasteiger partial charge on any atom is -0.493 e. The summed E-state index contributed by atoms with van der Waals surface area (Å²) in [6.07, 6.45) is 0. The standard InChI is InChI=1S/C22H22N2O7/c1-29-13-10-9-12(18(30-2)19(13)31-3)16-14-15(17(23-16)22(27)28)21(26)24(20(14)25)11-7-5-4-6-8-11/h4-10,14-17,23H,1-3H3,(H,27,28)/t14-,15+,16-,17-/m0/s1. The van der Waals surface area contributed by atoms with Crippen LogP contribution in [0.1, 0.15) is 11.6 Å². The van der Waals surface area contributed by atoms with E-state index >= 15 is 0 Å². The largest absolute Gasteiger partial charge is 0.493 e. The number of carboxylic acid groups (broad SMARTS) is 1. The van der Waals surface area contributed by atoms with Crippen molar-refractivity contribution in [2.75, 3.05) is 26.2 Å². The Kier molecular flexibility index (Phi) is 5.28. The predicted octanol–water partition coefficient (Wildman–Crippen LogP) is 1.62. The topological polar surface area (TPSA) is 114 Å². The number of nitrogens with zero attached hydrogens (tertiary/aromatic N) is 1. The number of nitrogens with one attached hydrogen (secondary N) is 1. The van der Waals surface area contributed by atoms with Gasteiger partial charge in [-0.05, 0) is 24.3 Å². The summed E-state index contributed by atoms with van der Waals surface area (Å²) in [6, 6.07) is 9.83. The number of benzene rings is 2. The van der Waals surface area contributed by atoms with Gasteiger partial charge in [-0.15, -0.1) is 0 Å². The maximum atomic E-state index is 13.4. The molecule has 2 heterocycles. The van der Waals surface area contributed by atoms with Gasteiger partial charge >= 0.3 is 5.97 Å². The highest BCUT2D eigenvalue weighted by atomic mass is 16.5. The Morgan fingerprint density at radius 3 is 2.13 bits per heavy atom. The number of carboxylic acids is 1. The first kappa shape index (κ1) is 20.7. The molecule has 2 aliphatic heterocycles. The second kappa shape index (κ2) is 7.92. The van der Waals surface area contributed by atoms with Gasteiger partial charge in [0, 0.05) is 11.6 Å². The number of ether oxygens (including phenoxy) is 3. The Morgan fingerprint density at radius 1 is 0.903 bits per heavy atom. The normalized spacial score (nSPS) is 24.8. The smallest absolute Gasteiger partial charge is 0.321 e. The number of hydrogen-bond acceptors (Lipinski definition) is 7. The van der Waals surface area contributed by atoms with Crippen molar-refractivity contribution >= 4 is 23.5 Å². The average Bonchev–Trinajstić information content (AvgIpc) is 3.30. The van der Waals surface area contributed by atoms with Crippen molar-refractivity contribution in [2.45, 2.75) is 12.1 Å². The second-order valence-electron chi connectivity index (χ2n) is 7.28. The summed E-state index contributed by atoms with van der Waals surface area (Å²) >= 11 is 0. The third-order valence-corrected chi connectivity index (χ3v) is 5.83. The molecule has 31 heavy (non-hydrogen) atoms. The Morgan fingerprint density at radius 2 is 1.55 bits per heavy atom. The minimum absolute atomic E-state index is 0.308. The van der Waals surface area contributed by atoms with Crippen LogP contribution < -0.4 is 24.4 Å². The highest BCUT2D eigenvalue weighted by Gasteiger charge is 2.61. The van der Waals surface area contributed by atoms with E-state index in [9.17, 15) is 19.5 Å². The molecular weight excluding hydrogens is 404 g/mol. The maximum absolute atomic E-state index is 13.4. The Bertz CT molecular complexity index is 1040. The number of methoxy groups -OCH3 is 3. The Labute approximate surface area is 178 Å². The lowest BCUT2D eigenvalue weighted by atomic mass is 9.86. The number of fused-ring (bicyclic) bond motifs is 1. The zero-order valence-electron chi connectivity index (χ0n) is 17.2. The summed E-state index contributed by atoms with van der Waals surface area (Å²) in [5.41, 5.74) is 0.920. The molecule has 4 atom stereocenters. The van der Waals surface area contributed by atoms with Crippen LogP contribution in [0.3, 0.4) is 0 Å². The number of para-hydroxylation sites is 1. The Balaban J connectivity index is 1.83. The summed E-state index contributed by atoms with van der Waals surface area (Å²) in [7, 11) is 4.38. The van der Waals surface area contributed by atoms with E-state index in [1.54, 1.807) is 42.5 Å². The van der Waals surface area contributed by atoms with Gasteiger partial charge in [0.05, 0.1) is 38.9 Å². The number of carbonyl (C=O) groups excluding carboxylic acids is 2. The molecule has 4 rings (SSSR count). The SMILES string of the molecule is COc1ccc([C@@H]2N[C@H](C(=O)O)[C@@H]3C(=O)N(c4ccccc4)C(=O)[C@@H]32)c(OC)c1OC. The van der Waals surface area contributed by atoms with E-state index in [4.69, 9.17) is 14.2 Å². The van der Waals surface area contributed by atoms with Crippen molar-refractivity contribution < 1.29 is 33.7 Å². The fourth-order valence-electron chi connectivity index (χ4n) is 4.52. The predicted molar refractivity (Wildman–Crippen MR) is 109 cm³/mol. The molecule has 2 aromatic rings. The second-order valence-corrected chi connectivity index (χ2v) is 7.28. The lowest BCUT2D eigenvalue weighted by Crippen LogP contribution is -2.43. The molecule has 0 bridgehead atoms. The van der Waals surface area contributed by atoms with Crippen molar-refractivity contribution in [1.29, 1.82) is 0 Å². The molecule has 2 aliphatic rings. The molecule has 2 amide bonds. The van der Waals surface area contributed by atoms with Crippen LogP contribution in [0.4, 0.5) is 5.69 Å². The van der Waals surface area contributed by atoms with Crippen LogP contribution in [0.5, 0.6) is 17.2 Å². The molecule has 9 heteroatoms. The zero-order chi connectivity index (χ0) is 22.3. The molecule has 0 unspecified atom stereocenters. The lowest BCUT2D eigenvalue weighted by molar-refractivity contribution is -0.142. The molecule has 2 fully saturated rings. The molecule has 2 aromatic carbocycles. The van der Waals surface area contributed by atoms with Crippen LogP contribution in [0, 0.1) is 11.8 Å². The first-order valence-corrected chi connectivity index (χ1v) is 9.65. The monoisotopic (exact) mass is 426 g/mol. The van der Waals surface area contributed by atoms with Gasteiger partial charge in [0.2, 0.25) is 17.6 Å². The van der Waals surface area contributed by atoms with Gasteiger partial charge in [-0.2, -0.15) is 0 Å². The van der Waals surface area contributed by atoms with E-state index in [0.717, 1.165) is 4.90 Å². The lowest BCUT2D eigenvalue weighted by Gasteiger charge is -2.24. The van der Waals surface area contributed by atoms with E-state index in [1.165, 1.54) is 21.3 Å². The van der Waals surface area contributed by atoms with Crippen molar-refractivity contribution in [3.8, 4) is 17.2 Å². The first-order chi connectivity index (χ1) is 14.9. The van der Waals surface area contributed by atoms with Gasteiger partial charge in [-0.25, -0.2) is 4.90 Å². The summed E-state index contributed by atoms with van der Waals surface area (Å²) in [5, 5.41) is 12.7. The van der Waals surface area contributed by atoms with E-state index in [-0.39, 0.29) is 0 Å². The molecule has 0 aliphatic carbocycles. The van der Waals surface area contributed by atoms with Crippen molar-refractivity contribution in [3.05, 3.63) is 48.0 Å². The maximum Gasteiger partial charge on any atom is 0.321 e. The van der Waals surface area contributed by atoms with Crippen molar-refractivity contribution in [3.63, 3.8) is 0 Å². The summed E-state index contributed by atoms with van der Waals surface area (Å²) in [4.78, 5) is 39.6. The third kappa shape index (κ3) is 3.09. The van der Waals surface area contributed by atoms with Crippen LogP contribution in [0.2, 0.25) is 0 Å². The van der Waals surface area contributed by atoms with Crippen molar-refractivity contribution in [2.24, 2.45) is 11.8 Å². The van der Waals surface area contributed by atoms with Crippen molar-refractivity contribution in [1.82, 2.24) is 5.32 Å². The molecule has 0 radical (unpaired) electrons. The molecule has 162 valence electrons. The van der Waals surface area contributed by atoms with Gasteiger partial charge in [0.25, 0.3) is 0 Å². The van der Waals surface area contributed by atoms with Gasteiger partial charge in [-0.1, -0.05) is 18.2 Å². The molecule has 0 spiro atoms. The van der Waals surface area contributed by atoms with Gasteiger partial charge in [0.15, 0.2) is 11.5 Å². The minimum atomic E-state index is -1.22. The molecule has 0 aromatic heterocycles. The number of imide groups is 1. The zero-order valence-corrected chi connectivity index (χ0v) is 17.2. The van der Waals surface area contributed by atoms with Crippen LogP contribution in [-0.2, 0) is 14.4 Å². The summed E-state index contributed by atoms with van der Waals surface area (Å²) in [6.45, 7) is 0. The molecule has 2 saturated heterocycles. The van der Waals surface area contributed by atoms with Gasteiger partial charge in [0.1, 0.15) is 6.04 Å². The summed E-state index contributed by atoms with van der Waals surface area (Å²) < 4.78 is 16.3. The van der Waals surface area contributed by atoms with E-state index in [0.29, 0.717) is 28.5 Å². The molecule has 2 N–H and O–H groups in total. The number of hydrogen-bond donors (Lipinski definition) is 2. The van der Waals surface area contributed by atoms with E-state index < -0.39 is 41.7 Å². The highest BCUT2D eigenvalue weighted by Crippen LogP contribution is 2.50. The average molecular weight is 426 g/mol. The molecule has 0 saturated carbocycles. The fourth-order valence-corrected chi connectivity index (χ4v) is 4.52. The van der Waals surface area contributed by atoms with Crippen LogP contribution >= 0.6 is 0 Å². The number of aliphatic carboxylic acids is 1. The number of carbonyl (C=O) groups is 3. The van der Waals surface area contributed by atoms with Crippen LogP contribution in [-0.4, -0.2) is 50.3 Å². The van der Waals surface area contributed by atoms with E-state index in [1.807, 2.05) is 0 Å². The fraction of sp³-hybridized carbons (Fsp3) is 0.318. The van der Waals surface area contributed by atoms with E-state index in [2.05, 4.69) is 5.32 Å². The molecular formula is C22H22N2O7. The number of anilines is 1. The summed E-state index contributed by atoms with van der Waals surface area (Å²) in [5.74, 6) is -3.12.